The van der Waals surface area contributed by atoms with E-state index in [-0.39, 0.29) is 22.9 Å². The third kappa shape index (κ3) is 3.78. The Kier molecular flexibility index (Phi) is 4.25. The molecule has 0 spiro atoms. The van der Waals surface area contributed by atoms with E-state index in [2.05, 4.69) is 10.3 Å². The highest BCUT2D eigenvalue weighted by atomic mass is 32.2. The van der Waals surface area contributed by atoms with Crippen LogP contribution in [0.5, 0.6) is 0 Å². The highest BCUT2D eigenvalue weighted by molar-refractivity contribution is 7.91. The summed E-state index contributed by atoms with van der Waals surface area (Å²) in [6.45, 7) is 1.82. The predicted molar refractivity (Wildman–Crippen MR) is 61.9 cm³/mol. The number of sulfone groups is 1. The smallest absolute Gasteiger partial charge is 0.347 e. The summed E-state index contributed by atoms with van der Waals surface area (Å²) in [5, 5.41) is 11.8. The third-order valence-corrected chi connectivity index (χ3v) is 4.49. The van der Waals surface area contributed by atoms with Crippen LogP contribution in [0.3, 0.4) is 0 Å². The van der Waals surface area contributed by atoms with Gasteiger partial charge in [0.25, 0.3) is 0 Å². The number of aromatic nitrogens is 1. The first kappa shape index (κ1) is 12.9. The summed E-state index contributed by atoms with van der Waals surface area (Å²) < 4.78 is 22.3. The van der Waals surface area contributed by atoms with Crippen molar-refractivity contribution in [3.05, 3.63) is 11.1 Å². The molecule has 0 aromatic carbocycles. The normalized spacial score (nSPS) is 11.3. The van der Waals surface area contributed by atoms with E-state index in [0.29, 0.717) is 5.13 Å². The molecule has 1 rings (SSSR count). The van der Waals surface area contributed by atoms with Crippen LogP contribution in [0, 0.1) is 0 Å². The summed E-state index contributed by atoms with van der Waals surface area (Å²) in [6.07, 6.45) is 1.24. The Hall–Kier alpha value is -1.15. The fourth-order valence-electron chi connectivity index (χ4n) is 0.913. The van der Waals surface area contributed by atoms with Gasteiger partial charge >= 0.3 is 5.97 Å². The zero-order valence-electron chi connectivity index (χ0n) is 8.63. The van der Waals surface area contributed by atoms with E-state index < -0.39 is 15.8 Å². The second kappa shape index (κ2) is 5.26. The minimum atomic E-state index is -3.00. The van der Waals surface area contributed by atoms with Gasteiger partial charge in [-0.05, 0) is 0 Å². The number of hydrogen-bond donors (Lipinski definition) is 2. The van der Waals surface area contributed by atoms with Crippen molar-refractivity contribution in [2.75, 3.05) is 23.4 Å². The van der Waals surface area contributed by atoms with Crippen molar-refractivity contribution < 1.29 is 18.3 Å². The van der Waals surface area contributed by atoms with Crippen molar-refractivity contribution in [3.8, 4) is 0 Å². The third-order valence-electron chi connectivity index (χ3n) is 1.85. The molecule has 0 amide bonds. The average Bonchev–Trinajstić information content (AvgIpc) is 2.66. The molecule has 0 aliphatic carbocycles. The lowest BCUT2D eigenvalue weighted by Gasteiger charge is -2.01. The summed E-state index contributed by atoms with van der Waals surface area (Å²) in [5.74, 6) is -0.912. The summed E-state index contributed by atoms with van der Waals surface area (Å²) >= 11 is 0.983. The van der Waals surface area contributed by atoms with Crippen molar-refractivity contribution in [2.45, 2.75) is 6.92 Å². The fraction of sp³-hybridized carbons (Fsp3) is 0.500. The molecule has 16 heavy (non-hydrogen) atoms. The molecule has 0 atom stereocenters. The van der Waals surface area contributed by atoms with Gasteiger partial charge in [0.2, 0.25) is 0 Å². The molecule has 2 N–H and O–H groups in total. The first-order chi connectivity index (χ1) is 7.44. The Bertz CT molecular complexity index is 466. The standard InChI is InChI=1S/C8H12N2O4S2/c1-2-16(13,14)4-3-9-8-10-5-6(15-8)7(11)12/h5H,2-4H2,1H3,(H,9,10)(H,11,12). The van der Waals surface area contributed by atoms with Gasteiger partial charge in [0.1, 0.15) is 4.88 Å². The molecule has 0 bridgehead atoms. The number of carbonyl (C=O) groups is 1. The molecular formula is C8H12N2O4S2. The topological polar surface area (TPSA) is 96.4 Å². The van der Waals surface area contributed by atoms with E-state index in [1.54, 1.807) is 6.92 Å². The largest absolute Gasteiger partial charge is 0.477 e. The highest BCUT2D eigenvalue weighted by Gasteiger charge is 2.10. The Morgan fingerprint density at radius 1 is 1.62 bits per heavy atom. The van der Waals surface area contributed by atoms with Crippen LogP contribution >= 0.6 is 11.3 Å². The average molecular weight is 264 g/mol. The Balaban J connectivity index is 2.46. The minimum absolute atomic E-state index is 0.0193. The Morgan fingerprint density at radius 2 is 2.31 bits per heavy atom. The molecule has 0 saturated heterocycles. The van der Waals surface area contributed by atoms with Crippen LogP contribution in [-0.2, 0) is 9.84 Å². The minimum Gasteiger partial charge on any atom is -0.477 e. The van der Waals surface area contributed by atoms with Crippen LogP contribution < -0.4 is 5.32 Å². The number of hydrogen-bond acceptors (Lipinski definition) is 6. The quantitative estimate of drug-likeness (QED) is 0.784. The van der Waals surface area contributed by atoms with E-state index in [1.165, 1.54) is 6.20 Å². The number of carboxylic acid groups (broad SMARTS) is 1. The SMILES string of the molecule is CCS(=O)(=O)CCNc1ncc(C(=O)O)s1. The number of thiazole rings is 1. The van der Waals surface area contributed by atoms with Crippen LogP contribution in [0.2, 0.25) is 0 Å². The van der Waals surface area contributed by atoms with Crippen LogP contribution in [0.15, 0.2) is 6.20 Å². The number of nitrogens with zero attached hydrogens (tertiary/aromatic N) is 1. The van der Waals surface area contributed by atoms with Crippen molar-refractivity contribution in [3.63, 3.8) is 0 Å². The van der Waals surface area contributed by atoms with E-state index >= 15 is 0 Å². The van der Waals surface area contributed by atoms with E-state index in [9.17, 15) is 13.2 Å². The molecule has 0 aliphatic rings. The van der Waals surface area contributed by atoms with Gasteiger partial charge in [-0.25, -0.2) is 18.2 Å². The van der Waals surface area contributed by atoms with Crippen LogP contribution in [0.4, 0.5) is 5.13 Å². The van der Waals surface area contributed by atoms with Gasteiger partial charge in [0.05, 0.1) is 11.9 Å². The number of carboxylic acids is 1. The van der Waals surface area contributed by atoms with Gasteiger partial charge in [-0.1, -0.05) is 18.3 Å². The lowest BCUT2D eigenvalue weighted by Crippen LogP contribution is -2.16. The summed E-state index contributed by atoms with van der Waals surface area (Å²) in [6, 6.07) is 0. The van der Waals surface area contributed by atoms with Crippen LogP contribution in [0.1, 0.15) is 16.6 Å². The summed E-state index contributed by atoms with van der Waals surface area (Å²) in [7, 11) is -3.00. The molecule has 0 unspecified atom stereocenters. The molecule has 1 heterocycles. The molecular weight excluding hydrogens is 252 g/mol. The van der Waals surface area contributed by atoms with Crippen LogP contribution in [0.25, 0.3) is 0 Å². The predicted octanol–water partition coefficient (Wildman–Crippen LogP) is 0.688. The molecule has 8 heteroatoms. The van der Waals surface area contributed by atoms with Gasteiger partial charge in [-0.2, -0.15) is 0 Å². The Labute approximate surface area is 97.2 Å². The summed E-state index contributed by atoms with van der Waals surface area (Å²) in [4.78, 5) is 14.5. The molecule has 0 fully saturated rings. The Morgan fingerprint density at radius 3 is 2.81 bits per heavy atom. The van der Waals surface area contributed by atoms with Crippen molar-refractivity contribution in [1.82, 2.24) is 4.98 Å². The van der Waals surface area contributed by atoms with Gasteiger partial charge in [0.15, 0.2) is 15.0 Å². The second-order valence-corrected chi connectivity index (χ2v) is 6.50. The number of nitrogens with one attached hydrogen (secondary N) is 1. The molecule has 0 saturated carbocycles. The number of aromatic carboxylic acids is 1. The van der Waals surface area contributed by atoms with E-state index in [4.69, 9.17) is 5.11 Å². The zero-order chi connectivity index (χ0) is 12.2. The van der Waals surface area contributed by atoms with Gasteiger partial charge in [-0.15, -0.1) is 0 Å². The van der Waals surface area contributed by atoms with Crippen molar-refractivity contribution in [1.29, 1.82) is 0 Å². The lowest BCUT2D eigenvalue weighted by atomic mass is 10.6. The zero-order valence-corrected chi connectivity index (χ0v) is 10.3. The van der Waals surface area contributed by atoms with Gasteiger partial charge in [0, 0.05) is 12.3 Å². The van der Waals surface area contributed by atoms with Crippen molar-refractivity contribution >= 4 is 32.3 Å². The van der Waals surface area contributed by atoms with E-state index in [0.717, 1.165) is 11.3 Å². The fourth-order valence-corrected chi connectivity index (χ4v) is 2.29. The maximum absolute atomic E-state index is 11.2. The highest BCUT2D eigenvalue weighted by Crippen LogP contribution is 2.17. The molecule has 0 radical (unpaired) electrons. The summed E-state index contributed by atoms with van der Waals surface area (Å²) in [5.41, 5.74) is 0. The second-order valence-electron chi connectivity index (χ2n) is 3.00. The first-order valence-electron chi connectivity index (χ1n) is 4.58. The van der Waals surface area contributed by atoms with Gasteiger partial charge < -0.3 is 10.4 Å². The monoisotopic (exact) mass is 264 g/mol. The molecule has 1 aromatic heterocycles. The molecule has 1 aromatic rings. The number of anilines is 1. The molecule has 6 nitrogen and oxygen atoms in total. The first-order valence-corrected chi connectivity index (χ1v) is 7.22. The van der Waals surface area contributed by atoms with Crippen LogP contribution in [-0.4, -0.2) is 42.5 Å². The van der Waals surface area contributed by atoms with E-state index in [1.807, 2.05) is 0 Å². The van der Waals surface area contributed by atoms with Crippen molar-refractivity contribution in [2.24, 2.45) is 0 Å². The lowest BCUT2D eigenvalue weighted by molar-refractivity contribution is 0.0702. The maximum atomic E-state index is 11.2. The molecule has 0 aliphatic heterocycles. The molecule has 90 valence electrons. The number of rotatable bonds is 6. The van der Waals surface area contributed by atoms with Gasteiger partial charge in [-0.3, -0.25) is 0 Å². The maximum Gasteiger partial charge on any atom is 0.347 e.